The highest BCUT2D eigenvalue weighted by molar-refractivity contribution is 6.42. The van der Waals surface area contributed by atoms with Crippen molar-refractivity contribution in [2.24, 2.45) is 11.3 Å². The third-order valence-electron chi connectivity index (χ3n) is 5.52. The van der Waals surface area contributed by atoms with Crippen LogP contribution in [0.1, 0.15) is 76.4 Å². The molecule has 168 valence electrons. The van der Waals surface area contributed by atoms with Gasteiger partial charge in [-0.2, -0.15) is 0 Å². The number of Topliss-reactive ketones (excluding diaryl/α,β-unsaturated/α-hetero) is 2. The molecule has 1 aromatic heterocycles. The monoisotopic (exact) mass is 426 g/mol. The molecule has 3 rings (SSSR count). The molecule has 31 heavy (non-hydrogen) atoms. The van der Waals surface area contributed by atoms with Crippen molar-refractivity contribution in [2.75, 3.05) is 0 Å². The molecule has 2 N–H and O–H groups in total. The smallest absolute Gasteiger partial charge is 0.427 e. The van der Waals surface area contributed by atoms with Crippen molar-refractivity contribution in [1.82, 2.24) is 9.97 Å². The first-order valence-electron chi connectivity index (χ1n) is 10.7. The second kappa shape index (κ2) is 12.5. The molecule has 6 nitrogen and oxygen atoms in total. The fourth-order valence-electron chi connectivity index (χ4n) is 3.27. The van der Waals surface area contributed by atoms with E-state index in [-0.39, 0.29) is 17.0 Å². The first-order valence-corrected chi connectivity index (χ1v) is 10.7. The van der Waals surface area contributed by atoms with Gasteiger partial charge < -0.3 is 10.0 Å². The zero-order chi connectivity index (χ0) is 23.6. The highest BCUT2D eigenvalue weighted by Gasteiger charge is 2.54. The Balaban J connectivity index is 0.000000240. The Labute approximate surface area is 186 Å². The Morgan fingerprint density at radius 3 is 2.06 bits per heavy atom. The molecule has 0 spiro atoms. The summed E-state index contributed by atoms with van der Waals surface area (Å²) in [5.41, 5.74) is 1.65. The summed E-state index contributed by atoms with van der Waals surface area (Å²) < 4.78 is 0. The van der Waals surface area contributed by atoms with Crippen molar-refractivity contribution in [2.45, 2.75) is 66.1 Å². The van der Waals surface area contributed by atoms with Crippen molar-refractivity contribution < 1.29 is 19.6 Å². The SMILES string of the molecule is CC(=O)[C@]1(C)C[C@H]1c1ccccc1.CC(=O)c1cnccn1.CC(C)C[C@H](C)B(O)O. The third kappa shape index (κ3) is 9.11. The van der Waals surface area contributed by atoms with Crippen molar-refractivity contribution in [3.63, 3.8) is 0 Å². The van der Waals surface area contributed by atoms with Crippen molar-refractivity contribution >= 4 is 18.7 Å². The molecular formula is C24H35BN2O4. The van der Waals surface area contributed by atoms with Crippen molar-refractivity contribution in [3.05, 3.63) is 60.2 Å². The molecule has 0 saturated heterocycles. The van der Waals surface area contributed by atoms with E-state index in [1.165, 1.54) is 31.1 Å². The second-order valence-electron chi connectivity index (χ2n) is 8.81. The number of hydrogen-bond donors (Lipinski definition) is 2. The lowest BCUT2D eigenvalue weighted by atomic mass is 9.70. The quantitative estimate of drug-likeness (QED) is 0.526. The molecule has 0 unspecified atom stereocenters. The average Bonchev–Trinajstić information content (AvgIpc) is 3.43. The summed E-state index contributed by atoms with van der Waals surface area (Å²) in [6, 6.07) is 10.3. The van der Waals surface area contributed by atoms with Crippen LogP contribution in [0.4, 0.5) is 0 Å². The molecule has 1 aliphatic rings. The normalized spacial score (nSPS) is 19.8. The van der Waals surface area contributed by atoms with Crippen LogP contribution in [0.3, 0.4) is 0 Å². The van der Waals surface area contributed by atoms with Crippen LogP contribution in [0.5, 0.6) is 0 Å². The largest absolute Gasteiger partial charge is 0.454 e. The highest BCUT2D eigenvalue weighted by atomic mass is 16.4. The van der Waals surface area contributed by atoms with E-state index < -0.39 is 7.12 Å². The van der Waals surface area contributed by atoms with E-state index in [1.54, 1.807) is 6.92 Å². The number of rotatable bonds is 6. The van der Waals surface area contributed by atoms with E-state index in [2.05, 4.69) is 42.9 Å². The number of carbonyl (C=O) groups is 2. The minimum atomic E-state index is -1.15. The van der Waals surface area contributed by atoms with E-state index >= 15 is 0 Å². The molecule has 1 fully saturated rings. The lowest BCUT2D eigenvalue weighted by Crippen LogP contribution is -2.18. The van der Waals surface area contributed by atoms with Gasteiger partial charge in [-0.3, -0.25) is 14.6 Å². The maximum Gasteiger partial charge on any atom is 0.454 e. The van der Waals surface area contributed by atoms with Crippen LogP contribution >= 0.6 is 0 Å². The average molecular weight is 426 g/mol. The van der Waals surface area contributed by atoms with Crippen LogP contribution < -0.4 is 0 Å². The fourth-order valence-corrected chi connectivity index (χ4v) is 3.27. The first-order chi connectivity index (χ1) is 14.5. The lowest BCUT2D eigenvalue weighted by molar-refractivity contribution is -0.121. The topological polar surface area (TPSA) is 100 Å². The van der Waals surface area contributed by atoms with E-state index in [9.17, 15) is 9.59 Å². The van der Waals surface area contributed by atoms with E-state index in [0.717, 1.165) is 12.8 Å². The van der Waals surface area contributed by atoms with E-state index in [4.69, 9.17) is 10.0 Å². The van der Waals surface area contributed by atoms with E-state index in [0.29, 0.717) is 23.3 Å². The molecule has 1 aliphatic carbocycles. The van der Waals surface area contributed by atoms with Crippen LogP contribution in [0.25, 0.3) is 0 Å². The van der Waals surface area contributed by atoms with Gasteiger partial charge in [0.2, 0.25) is 0 Å². The van der Waals surface area contributed by atoms with Gasteiger partial charge in [-0.15, -0.1) is 0 Å². The van der Waals surface area contributed by atoms with Crippen molar-refractivity contribution in [3.8, 4) is 0 Å². The van der Waals surface area contributed by atoms with Crippen LogP contribution in [-0.2, 0) is 4.79 Å². The molecule has 0 radical (unpaired) electrons. The predicted molar refractivity (Wildman–Crippen MR) is 124 cm³/mol. The molecule has 3 atom stereocenters. The Hall–Kier alpha value is -2.38. The van der Waals surface area contributed by atoms with Gasteiger partial charge in [0.05, 0.1) is 6.20 Å². The second-order valence-corrected chi connectivity index (χ2v) is 8.81. The molecule has 0 bridgehead atoms. The summed E-state index contributed by atoms with van der Waals surface area (Å²) in [7, 11) is -1.15. The number of hydrogen-bond acceptors (Lipinski definition) is 6. The Morgan fingerprint density at radius 1 is 1.13 bits per heavy atom. The number of ketones is 2. The van der Waals surface area contributed by atoms with Crippen LogP contribution in [-0.4, -0.2) is 38.7 Å². The molecule has 0 amide bonds. The zero-order valence-electron chi connectivity index (χ0n) is 19.4. The Kier molecular flexibility index (Phi) is 10.7. The molecule has 0 aliphatic heterocycles. The molecular weight excluding hydrogens is 391 g/mol. The van der Waals surface area contributed by atoms with Crippen molar-refractivity contribution in [1.29, 1.82) is 0 Å². The first kappa shape index (κ1) is 26.7. The standard InChI is InChI=1S/C12H14O.C6H15BO2.C6H6N2O/c1-9(13)12(2)8-11(12)10-6-4-3-5-7-10;1-5(2)4-6(3)7(8)9;1-5(9)6-4-7-2-3-8-6/h3-7,11H,8H2,1-2H3;5-6,8-9H,4H2,1-3H3;2-4H,1H3/t11-,12-;6-;/m00./s1. The highest BCUT2D eigenvalue weighted by Crippen LogP contribution is 2.59. The summed E-state index contributed by atoms with van der Waals surface area (Å²) in [6.45, 7) is 11.2. The van der Waals surface area contributed by atoms with Gasteiger partial charge in [0.1, 0.15) is 11.5 Å². The number of nitrogens with zero attached hydrogens (tertiary/aromatic N) is 2. The Bertz CT molecular complexity index is 815. The van der Waals surface area contributed by atoms with E-state index in [1.807, 2.05) is 25.1 Å². The third-order valence-corrected chi connectivity index (χ3v) is 5.52. The molecule has 2 aromatic rings. The van der Waals surface area contributed by atoms with Gasteiger partial charge in [0.15, 0.2) is 5.78 Å². The van der Waals surface area contributed by atoms with Gasteiger partial charge in [-0.05, 0) is 43.0 Å². The molecule has 1 aromatic carbocycles. The van der Waals surface area contributed by atoms with Crippen LogP contribution in [0, 0.1) is 11.3 Å². The molecule has 1 heterocycles. The fraction of sp³-hybridized carbons (Fsp3) is 0.500. The Morgan fingerprint density at radius 2 is 1.74 bits per heavy atom. The summed E-state index contributed by atoms with van der Waals surface area (Å²) in [4.78, 5) is 29.3. The number of aromatic nitrogens is 2. The van der Waals surface area contributed by atoms with Crippen LogP contribution in [0.2, 0.25) is 5.82 Å². The maximum atomic E-state index is 11.3. The number of carbonyl (C=O) groups excluding carboxylic acids is 2. The summed E-state index contributed by atoms with van der Waals surface area (Å²) in [5.74, 6) is 1.28. The van der Waals surface area contributed by atoms with Gasteiger partial charge >= 0.3 is 7.12 Å². The lowest BCUT2D eigenvalue weighted by Gasteiger charge is -2.11. The minimum absolute atomic E-state index is 0.00463. The van der Waals surface area contributed by atoms with Gasteiger partial charge in [-0.25, -0.2) is 4.98 Å². The molecule has 1 saturated carbocycles. The zero-order valence-corrected chi connectivity index (χ0v) is 19.4. The predicted octanol–water partition coefficient (Wildman–Crippen LogP) is 4.34. The summed E-state index contributed by atoms with van der Waals surface area (Å²) >= 11 is 0. The van der Waals surface area contributed by atoms with Gasteiger partial charge in [-0.1, -0.05) is 58.0 Å². The van der Waals surface area contributed by atoms with Crippen LogP contribution in [0.15, 0.2) is 48.9 Å². The summed E-state index contributed by atoms with van der Waals surface area (Å²) in [6.07, 6.45) is 6.37. The summed E-state index contributed by atoms with van der Waals surface area (Å²) in [5, 5.41) is 17.3. The molecule has 7 heteroatoms. The van der Waals surface area contributed by atoms with Gasteiger partial charge in [0, 0.05) is 24.7 Å². The maximum absolute atomic E-state index is 11.3. The minimum Gasteiger partial charge on any atom is -0.427 e. The van der Waals surface area contributed by atoms with Gasteiger partial charge in [0.25, 0.3) is 0 Å². The number of benzene rings is 1.